The molecule has 0 radical (unpaired) electrons. The van der Waals surface area contributed by atoms with Crippen LogP contribution < -0.4 is 11.0 Å². The molecular weight excluding hydrogens is 508 g/mol. The van der Waals surface area contributed by atoms with Gasteiger partial charge in [-0.1, -0.05) is 12.1 Å². The molecule has 0 bridgehead atoms. The molecule has 5 heterocycles. The summed E-state index contributed by atoms with van der Waals surface area (Å²) in [4.78, 5) is 39.1. The van der Waals surface area contributed by atoms with Gasteiger partial charge in [-0.2, -0.15) is 0 Å². The van der Waals surface area contributed by atoms with E-state index in [9.17, 15) is 23.5 Å². The lowest BCUT2D eigenvalue weighted by Gasteiger charge is -2.33. The number of amides is 2. The Morgan fingerprint density at radius 1 is 1.13 bits per heavy atom. The molecule has 12 heteroatoms. The average Bonchev–Trinajstić information content (AvgIpc) is 3.46. The number of hydrogen-bond donors (Lipinski definition) is 3. The van der Waals surface area contributed by atoms with Gasteiger partial charge in [-0.3, -0.25) is 9.55 Å². The number of piperidine rings is 1. The quantitative estimate of drug-likeness (QED) is 0.369. The number of fused-ring (bicyclic) bond motifs is 2. The predicted octanol–water partition coefficient (Wildman–Crippen LogP) is 3.36. The van der Waals surface area contributed by atoms with Crippen molar-refractivity contribution in [2.45, 2.75) is 56.8 Å². The Labute approximate surface area is 222 Å². The highest BCUT2D eigenvalue weighted by atomic mass is 19.2. The van der Waals surface area contributed by atoms with E-state index in [1.807, 2.05) is 10.6 Å². The highest BCUT2D eigenvalue weighted by Gasteiger charge is 2.32. The molecule has 1 saturated heterocycles. The van der Waals surface area contributed by atoms with E-state index in [0.29, 0.717) is 62.5 Å². The molecule has 3 aromatic heterocycles. The fraction of sp³-hybridized carbons (Fsp3) is 0.407. The molecule has 4 aromatic rings. The topological polar surface area (TPSA) is 121 Å². The van der Waals surface area contributed by atoms with Crippen molar-refractivity contribution in [2.75, 3.05) is 13.1 Å². The number of hydrogen-bond acceptors (Lipinski definition) is 5. The first-order chi connectivity index (χ1) is 18.9. The smallest absolute Gasteiger partial charge is 0.327 e. The van der Waals surface area contributed by atoms with Crippen molar-refractivity contribution in [2.24, 2.45) is 0 Å². The van der Waals surface area contributed by atoms with Gasteiger partial charge in [0, 0.05) is 44.0 Å². The van der Waals surface area contributed by atoms with E-state index in [-0.39, 0.29) is 35.9 Å². The van der Waals surface area contributed by atoms with Gasteiger partial charge in [-0.05, 0) is 49.4 Å². The maximum absolute atomic E-state index is 14.6. The number of aromatic nitrogens is 5. The molecule has 2 amide bonds. The third kappa shape index (κ3) is 4.69. The first-order valence-corrected chi connectivity index (χ1v) is 13.1. The number of nitrogens with one attached hydrogen (secondary N) is 2. The van der Waals surface area contributed by atoms with Crippen molar-refractivity contribution < 1.29 is 18.7 Å². The maximum atomic E-state index is 14.6. The molecule has 6 rings (SSSR count). The van der Waals surface area contributed by atoms with Crippen LogP contribution in [0.25, 0.3) is 11.2 Å². The Kier molecular flexibility index (Phi) is 6.63. The Morgan fingerprint density at radius 2 is 1.95 bits per heavy atom. The van der Waals surface area contributed by atoms with E-state index >= 15 is 0 Å². The summed E-state index contributed by atoms with van der Waals surface area (Å²) in [6.45, 7) is 1.02. The number of carbonyl (C=O) groups excluding carboxylic acids is 1. The van der Waals surface area contributed by atoms with Crippen LogP contribution in [0.2, 0.25) is 0 Å². The number of aliphatic hydroxyl groups excluding tert-OH is 1. The summed E-state index contributed by atoms with van der Waals surface area (Å²) in [5.41, 5.74) is 1.83. The highest BCUT2D eigenvalue weighted by molar-refractivity contribution is 5.75. The predicted molar refractivity (Wildman–Crippen MR) is 138 cm³/mol. The van der Waals surface area contributed by atoms with Crippen molar-refractivity contribution in [3.8, 4) is 0 Å². The zero-order valence-electron chi connectivity index (χ0n) is 21.2. The largest absolute Gasteiger partial charge is 0.390 e. The molecule has 2 aliphatic rings. The summed E-state index contributed by atoms with van der Waals surface area (Å²) in [6.07, 6.45) is 5.55. The van der Waals surface area contributed by atoms with E-state index in [0.717, 1.165) is 11.6 Å². The number of urea groups is 1. The monoisotopic (exact) mass is 537 g/mol. The second-order valence-electron chi connectivity index (χ2n) is 10.2. The lowest BCUT2D eigenvalue weighted by molar-refractivity contribution is 0.167. The van der Waals surface area contributed by atoms with Gasteiger partial charge in [0.2, 0.25) is 0 Å². The Balaban J connectivity index is 1.17. The second kappa shape index (κ2) is 10.3. The Morgan fingerprint density at radius 3 is 2.74 bits per heavy atom. The number of nitrogens with zero attached hydrogens (tertiary/aromatic N) is 5. The van der Waals surface area contributed by atoms with Crippen LogP contribution in [0.1, 0.15) is 60.8 Å². The van der Waals surface area contributed by atoms with Crippen molar-refractivity contribution in [1.29, 1.82) is 0 Å². The number of likely N-dealkylation sites (tertiary alicyclic amines) is 1. The molecule has 0 spiro atoms. The molecule has 0 unspecified atom stereocenters. The van der Waals surface area contributed by atoms with E-state index in [4.69, 9.17) is 0 Å². The van der Waals surface area contributed by atoms with Gasteiger partial charge >= 0.3 is 11.7 Å². The Hall–Kier alpha value is -4.06. The van der Waals surface area contributed by atoms with Gasteiger partial charge in [0.1, 0.15) is 5.82 Å². The number of aromatic amines is 1. The summed E-state index contributed by atoms with van der Waals surface area (Å²) in [6, 6.07) is 7.07. The normalized spacial score (nSPS) is 20.1. The van der Waals surface area contributed by atoms with Gasteiger partial charge < -0.3 is 19.9 Å². The first-order valence-electron chi connectivity index (χ1n) is 13.1. The minimum atomic E-state index is -0.891. The maximum Gasteiger partial charge on any atom is 0.327 e. The van der Waals surface area contributed by atoms with Crippen LogP contribution >= 0.6 is 0 Å². The van der Waals surface area contributed by atoms with Crippen LogP contribution in [0.3, 0.4) is 0 Å². The molecule has 10 nitrogen and oxygen atoms in total. The van der Waals surface area contributed by atoms with Gasteiger partial charge in [-0.25, -0.2) is 28.3 Å². The summed E-state index contributed by atoms with van der Waals surface area (Å²) in [7, 11) is 0. The molecule has 0 aliphatic carbocycles. The van der Waals surface area contributed by atoms with Crippen molar-refractivity contribution in [3.05, 3.63) is 81.9 Å². The van der Waals surface area contributed by atoms with Crippen LogP contribution in [-0.2, 0) is 13.2 Å². The number of rotatable bonds is 4. The third-order valence-corrected chi connectivity index (χ3v) is 7.88. The van der Waals surface area contributed by atoms with Crippen LogP contribution in [0.15, 0.2) is 47.5 Å². The number of halogens is 2. The number of H-pyrrole nitrogens is 1. The van der Waals surface area contributed by atoms with E-state index in [1.165, 1.54) is 6.07 Å². The molecule has 2 atom stereocenters. The van der Waals surface area contributed by atoms with Crippen molar-refractivity contribution in [3.63, 3.8) is 0 Å². The number of carbonyl (C=O) groups is 1. The van der Waals surface area contributed by atoms with Gasteiger partial charge in [0.25, 0.3) is 0 Å². The number of benzene rings is 1. The minimum Gasteiger partial charge on any atom is -0.390 e. The SMILES string of the molecule is O=C(N[C@@H]1CC[C@@H](c2cccc(F)c2F)Cn2cc(CO)nc21)N1CCC(n2c(=O)[nH]c3ncccc32)CC1. The number of pyridine rings is 1. The van der Waals surface area contributed by atoms with Gasteiger partial charge in [-0.15, -0.1) is 0 Å². The zero-order valence-corrected chi connectivity index (χ0v) is 21.2. The van der Waals surface area contributed by atoms with Crippen molar-refractivity contribution >= 4 is 17.2 Å². The summed E-state index contributed by atoms with van der Waals surface area (Å²) in [5, 5.41) is 12.8. The van der Waals surface area contributed by atoms with Gasteiger partial charge in [0.05, 0.1) is 23.9 Å². The minimum absolute atomic E-state index is 0.0506. The second-order valence-corrected chi connectivity index (χ2v) is 10.2. The van der Waals surface area contributed by atoms with E-state index < -0.39 is 17.7 Å². The number of aliphatic hydroxyl groups is 1. The summed E-state index contributed by atoms with van der Waals surface area (Å²) < 4.78 is 32.1. The van der Waals surface area contributed by atoms with E-state index in [2.05, 4.69) is 20.3 Å². The third-order valence-electron chi connectivity index (χ3n) is 7.88. The molecule has 1 fully saturated rings. The molecular formula is C27H29F2N7O3. The molecule has 2 aliphatic heterocycles. The average molecular weight is 538 g/mol. The molecule has 3 N–H and O–H groups in total. The zero-order chi connectivity index (χ0) is 27.1. The van der Waals surface area contributed by atoms with Crippen LogP contribution in [0, 0.1) is 11.6 Å². The highest BCUT2D eigenvalue weighted by Crippen LogP contribution is 2.35. The standard InChI is InChI=1S/C27H29F2N7O3/c28-20-4-1-3-19(23(20)29)16-6-7-21(25-31-17(15-37)14-35(25)13-16)32-26(38)34-11-8-18(9-12-34)36-22-5-2-10-30-24(22)33-27(36)39/h1-5,10,14,16,18,21,37H,6-9,11-13,15H2,(H,32,38)(H,30,33,39)/t16-,21-/m1/s1. The lowest BCUT2D eigenvalue weighted by atomic mass is 9.93. The lowest BCUT2D eigenvalue weighted by Crippen LogP contribution is -2.46. The summed E-state index contributed by atoms with van der Waals surface area (Å²) in [5.74, 6) is -1.48. The Bertz CT molecular complexity index is 1570. The van der Waals surface area contributed by atoms with Crippen LogP contribution in [-0.4, -0.2) is 53.2 Å². The van der Waals surface area contributed by atoms with Crippen LogP contribution in [0.4, 0.5) is 13.6 Å². The van der Waals surface area contributed by atoms with E-state index in [1.54, 1.807) is 34.0 Å². The molecule has 204 valence electrons. The molecule has 39 heavy (non-hydrogen) atoms. The fourth-order valence-electron chi connectivity index (χ4n) is 5.93. The molecule has 1 aromatic carbocycles. The van der Waals surface area contributed by atoms with Crippen LogP contribution in [0.5, 0.6) is 0 Å². The fourth-order valence-corrected chi connectivity index (χ4v) is 5.93. The van der Waals surface area contributed by atoms with Gasteiger partial charge in [0.15, 0.2) is 17.3 Å². The summed E-state index contributed by atoms with van der Waals surface area (Å²) >= 11 is 0. The number of imidazole rings is 2. The first kappa shape index (κ1) is 25.2. The van der Waals surface area contributed by atoms with Crippen molar-refractivity contribution in [1.82, 2.24) is 34.3 Å². The molecule has 0 saturated carbocycles.